The summed E-state index contributed by atoms with van der Waals surface area (Å²) >= 11 is 0. The molecule has 0 heterocycles. The molecule has 31 heavy (non-hydrogen) atoms. The summed E-state index contributed by atoms with van der Waals surface area (Å²) in [6.07, 6.45) is 0. The Morgan fingerprint density at radius 3 is 1.23 bits per heavy atom. The van der Waals surface area contributed by atoms with Crippen LogP contribution in [-0.2, 0) is 0 Å². The number of benzene rings is 4. The number of carbonyl (C=O) groups excluding carboxylic acids is 3. The summed E-state index contributed by atoms with van der Waals surface area (Å²) in [6, 6.07) is 30.7. The summed E-state index contributed by atoms with van der Waals surface area (Å²) in [6.45, 7) is 0. The molecule has 150 valence electrons. The van der Waals surface area contributed by atoms with Gasteiger partial charge in [-0.2, -0.15) is 0 Å². The highest BCUT2D eigenvalue weighted by atomic mass is 16.5. The molecule has 4 heteroatoms. The quantitative estimate of drug-likeness (QED) is 0.245. The molecule has 0 amide bonds. The van der Waals surface area contributed by atoms with Crippen LogP contribution < -0.4 is 4.74 Å². The summed E-state index contributed by atoms with van der Waals surface area (Å²) < 4.78 is 5.39. The van der Waals surface area contributed by atoms with E-state index in [0.717, 1.165) is 0 Å². The van der Waals surface area contributed by atoms with Gasteiger partial charge in [-0.1, -0.05) is 72.8 Å². The van der Waals surface area contributed by atoms with E-state index in [9.17, 15) is 14.4 Å². The second kappa shape index (κ2) is 9.01. The van der Waals surface area contributed by atoms with Crippen molar-refractivity contribution < 1.29 is 19.1 Å². The minimum Gasteiger partial charge on any atom is -0.423 e. The van der Waals surface area contributed by atoms with E-state index in [1.807, 2.05) is 24.3 Å². The summed E-state index contributed by atoms with van der Waals surface area (Å²) in [5, 5.41) is 0. The summed E-state index contributed by atoms with van der Waals surface area (Å²) in [7, 11) is 0. The van der Waals surface area contributed by atoms with E-state index in [1.54, 1.807) is 84.9 Å². The van der Waals surface area contributed by atoms with Crippen molar-refractivity contribution in [1.82, 2.24) is 0 Å². The highest BCUT2D eigenvalue weighted by molar-refractivity contribution is 6.09. The van der Waals surface area contributed by atoms with E-state index in [0.29, 0.717) is 33.6 Å². The Kier molecular flexibility index (Phi) is 5.81. The monoisotopic (exact) mass is 406 g/mol. The molecule has 0 saturated heterocycles. The van der Waals surface area contributed by atoms with E-state index in [1.165, 1.54) is 0 Å². The lowest BCUT2D eigenvalue weighted by molar-refractivity contribution is 0.0734. The molecule has 0 fully saturated rings. The van der Waals surface area contributed by atoms with E-state index >= 15 is 0 Å². The van der Waals surface area contributed by atoms with Crippen LogP contribution >= 0.6 is 0 Å². The van der Waals surface area contributed by atoms with E-state index in [2.05, 4.69) is 0 Å². The minimum atomic E-state index is -0.541. The molecule has 0 atom stereocenters. The lowest BCUT2D eigenvalue weighted by atomic mass is 10.0. The van der Waals surface area contributed by atoms with Gasteiger partial charge in [-0.15, -0.1) is 0 Å². The van der Waals surface area contributed by atoms with Crippen LogP contribution in [0, 0.1) is 0 Å². The molecule has 0 aliphatic rings. The van der Waals surface area contributed by atoms with Crippen molar-refractivity contribution in [2.24, 2.45) is 0 Å². The minimum absolute atomic E-state index is 0.0999. The molecule has 4 aromatic rings. The number of hydrogen-bond donors (Lipinski definition) is 0. The average molecular weight is 406 g/mol. The van der Waals surface area contributed by atoms with Crippen molar-refractivity contribution in [2.75, 3.05) is 0 Å². The molecular weight excluding hydrogens is 388 g/mol. The van der Waals surface area contributed by atoms with Gasteiger partial charge in [0.2, 0.25) is 0 Å². The van der Waals surface area contributed by atoms with Crippen LogP contribution in [-0.4, -0.2) is 17.5 Å². The van der Waals surface area contributed by atoms with Crippen LogP contribution in [0.3, 0.4) is 0 Å². The highest BCUT2D eigenvalue weighted by Gasteiger charge is 2.13. The maximum absolute atomic E-state index is 12.5. The first-order valence-corrected chi connectivity index (χ1v) is 9.73. The Bertz CT molecular complexity index is 1210. The smallest absolute Gasteiger partial charge is 0.343 e. The predicted octanol–water partition coefficient (Wildman–Crippen LogP) is 5.37. The van der Waals surface area contributed by atoms with Crippen LogP contribution in [0.1, 0.15) is 42.2 Å². The van der Waals surface area contributed by atoms with Crippen molar-refractivity contribution in [1.29, 1.82) is 0 Å². The van der Waals surface area contributed by atoms with Crippen molar-refractivity contribution in [3.63, 3.8) is 0 Å². The zero-order valence-electron chi connectivity index (χ0n) is 16.5. The number of esters is 1. The topological polar surface area (TPSA) is 60.4 Å². The molecule has 0 aliphatic heterocycles. The average Bonchev–Trinajstić information content (AvgIpc) is 2.85. The molecule has 0 unspecified atom stereocenters. The molecule has 0 spiro atoms. The first kappa shape index (κ1) is 20.0. The molecule has 4 nitrogen and oxygen atoms in total. The predicted molar refractivity (Wildman–Crippen MR) is 118 cm³/mol. The summed E-state index contributed by atoms with van der Waals surface area (Å²) in [5.74, 6) is -0.420. The maximum Gasteiger partial charge on any atom is 0.343 e. The Morgan fingerprint density at radius 1 is 0.419 bits per heavy atom. The van der Waals surface area contributed by atoms with Crippen molar-refractivity contribution in [3.05, 3.63) is 137 Å². The normalized spacial score (nSPS) is 10.3. The third kappa shape index (κ3) is 4.65. The van der Waals surface area contributed by atoms with Crippen LogP contribution in [0.4, 0.5) is 0 Å². The Labute approximate surface area is 179 Å². The molecule has 0 saturated carbocycles. The third-order valence-corrected chi connectivity index (χ3v) is 4.78. The molecule has 0 N–H and O–H groups in total. The van der Waals surface area contributed by atoms with Gasteiger partial charge in [0.1, 0.15) is 5.75 Å². The fourth-order valence-electron chi connectivity index (χ4n) is 3.11. The molecule has 0 aliphatic carbocycles. The van der Waals surface area contributed by atoms with Gasteiger partial charge >= 0.3 is 5.97 Å². The summed E-state index contributed by atoms with van der Waals surface area (Å²) in [5.41, 5.74) is 2.51. The van der Waals surface area contributed by atoms with Crippen LogP contribution in [0.15, 0.2) is 109 Å². The lowest BCUT2D eigenvalue weighted by Crippen LogP contribution is -2.09. The number of ketones is 2. The fourth-order valence-corrected chi connectivity index (χ4v) is 3.11. The largest absolute Gasteiger partial charge is 0.423 e. The molecular formula is C27H18O4. The Hall–Kier alpha value is -4.31. The van der Waals surface area contributed by atoms with Gasteiger partial charge in [0.05, 0.1) is 5.56 Å². The molecule has 0 radical (unpaired) electrons. The van der Waals surface area contributed by atoms with Gasteiger partial charge in [-0.05, 0) is 36.4 Å². The van der Waals surface area contributed by atoms with Crippen molar-refractivity contribution in [2.45, 2.75) is 0 Å². The van der Waals surface area contributed by atoms with E-state index in [4.69, 9.17) is 4.74 Å². The second-order valence-electron chi connectivity index (χ2n) is 6.88. The fraction of sp³-hybridized carbons (Fsp3) is 0. The molecule has 0 aromatic heterocycles. The van der Waals surface area contributed by atoms with Crippen molar-refractivity contribution in [3.8, 4) is 5.75 Å². The zero-order valence-corrected chi connectivity index (χ0v) is 16.5. The molecule has 4 rings (SSSR count). The van der Waals surface area contributed by atoms with Gasteiger partial charge in [0, 0.05) is 22.3 Å². The van der Waals surface area contributed by atoms with Gasteiger partial charge in [0.15, 0.2) is 11.6 Å². The Morgan fingerprint density at radius 2 is 0.774 bits per heavy atom. The maximum atomic E-state index is 12.5. The zero-order chi connectivity index (χ0) is 21.6. The SMILES string of the molecule is O=C(Oc1ccc(C(=O)c2ccccc2)cc1)c1ccc(C(=O)c2ccccc2)cc1. The van der Waals surface area contributed by atoms with Crippen LogP contribution in [0.2, 0.25) is 0 Å². The number of rotatable bonds is 6. The first-order valence-electron chi connectivity index (χ1n) is 9.73. The number of carbonyl (C=O) groups is 3. The summed E-state index contributed by atoms with van der Waals surface area (Å²) in [4.78, 5) is 37.4. The van der Waals surface area contributed by atoms with Gasteiger partial charge < -0.3 is 4.74 Å². The van der Waals surface area contributed by atoms with Gasteiger partial charge in [-0.25, -0.2) is 4.79 Å². The number of hydrogen-bond acceptors (Lipinski definition) is 4. The highest BCUT2D eigenvalue weighted by Crippen LogP contribution is 2.18. The first-order chi connectivity index (χ1) is 15.1. The number of ether oxygens (including phenoxy) is 1. The Balaban J connectivity index is 1.42. The lowest BCUT2D eigenvalue weighted by Gasteiger charge is -2.07. The van der Waals surface area contributed by atoms with E-state index < -0.39 is 5.97 Å². The van der Waals surface area contributed by atoms with Gasteiger partial charge in [0.25, 0.3) is 0 Å². The van der Waals surface area contributed by atoms with Crippen LogP contribution in [0.25, 0.3) is 0 Å². The van der Waals surface area contributed by atoms with Crippen LogP contribution in [0.5, 0.6) is 5.75 Å². The standard InChI is InChI=1S/C27H18O4/c28-25(19-7-3-1-4-8-19)21-11-13-23(14-12-21)27(30)31-24-17-15-22(16-18-24)26(29)20-9-5-2-6-10-20/h1-18H. The second-order valence-corrected chi connectivity index (χ2v) is 6.88. The third-order valence-electron chi connectivity index (χ3n) is 4.78. The van der Waals surface area contributed by atoms with E-state index in [-0.39, 0.29) is 11.6 Å². The molecule has 4 aromatic carbocycles. The van der Waals surface area contributed by atoms with Gasteiger partial charge in [-0.3, -0.25) is 9.59 Å². The molecule has 0 bridgehead atoms. The van der Waals surface area contributed by atoms with Crippen molar-refractivity contribution >= 4 is 17.5 Å².